The number of hydrogen-bond acceptors (Lipinski definition) is 4. The summed E-state index contributed by atoms with van der Waals surface area (Å²) in [5.74, 6) is -0.265. The summed E-state index contributed by atoms with van der Waals surface area (Å²) >= 11 is 0. The number of hydrogen-bond donors (Lipinski definition) is 2. The SMILES string of the molecule is CCCCCCCCCCCCC/C=C/[C@H](O)[C@H](C)COP(=O)(O)OC. The maximum absolute atomic E-state index is 11.2. The predicted molar refractivity (Wildman–Crippen MR) is 108 cm³/mol. The lowest BCUT2D eigenvalue weighted by atomic mass is 10.0. The Bertz CT molecular complexity index is 386. The average molecular weight is 393 g/mol. The number of rotatable bonds is 18. The van der Waals surface area contributed by atoms with Gasteiger partial charge in [0, 0.05) is 13.0 Å². The van der Waals surface area contributed by atoms with Crippen molar-refractivity contribution in [2.24, 2.45) is 5.92 Å². The van der Waals surface area contributed by atoms with Gasteiger partial charge in [-0.3, -0.25) is 9.05 Å². The topological polar surface area (TPSA) is 76.0 Å². The lowest BCUT2D eigenvalue weighted by Gasteiger charge is -2.17. The third-order valence-corrected chi connectivity index (χ3v) is 5.56. The molecule has 0 aliphatic heterocycles. The average Bonchev–Trinajstić information content (AvgIpc) is 2.63. The minimum Gasteiger partial charge on any atom is -0.389 e. The zero-order chi connectivity index (χ0) is 19.7. The Hall–Kier alpha value is -0.190. The first-order valence-electron chi connectivity index (χ1n) is 10.3. The third kappa shape index (κ3) is 16.0. The molecular formula is C20H41O5P. The van der Waals surface area contributed by atoms with E-state index in [0.29, 0.717) is 0 Å². The fourth-order valence-corrected chi connectivity index (χ4v) is 3.24. The first-order valence-corrected chi connectivity index (χ1v) is 11.8. The van der Waals surface area contributed by atoms with E-state index in [-0.39, 0.29) is 12.5 Å². The molecule has 0 aromatic heterocycles. The second-order valence-corrected chi connectivity index (χ2v) is 8.73. The normalized spacial score (nSPS) is 16.7. The van der Waals surface area contributed by atoms with Crippen molar-refractivity contribution in [2.75, 3.05) is 13.7 Å². The van der Waals surface area contributed by atoms with Crippen molar-refractivity contribution in [1.82, 2.24) is 0 Å². The van der Waals surface area contributed by atoms with Crippen LogP contribution in [0.2, 0.25) is 0 Å². The van der Waals surface area contributed by atoms with Gasteiger partial charge in [-0.05, 0) is 12.8 Å². The highest BCUT2D eigenvalue weighted by molar-refractivity contribution is 7.47. The lowest BCUT2D eigenvalue weighted by molar-refractivity contribution is 0.0956. The molecule has 0 saturated heterocycles. The van der Waals surface area contributed by atoms with Crippen LogP contribution in [0, 0.1) is 5.92 Å². The zero-order valence-corrected chi connectivity index (χ0v) is 18.0. The van der Waals surface area contributed by atoms with Gasteiger partial charge in [0.05, 0.1) is 12.7 Å². The number of phosphoric acid groups is 1. The van der Waals surface area contributed by atoms with E-state index < -0.39 is 13.9 Å². The predicted octanol–water partition coefficient (Wildman–Crippen LogP) is 6.00. The quantitative estimate of drug-likeness (QED) is 0.170. The molecule has 0 rings (SSSR count). The van der Waals surface area contributed by atoms with Gasteiger partial charge < -0.3 is 10.00 Å². The van der Waals surface area contributed by atoms with Gasteiger partial charge in [0.25, 0.3) is 0 Å². The molecule has 26 heavy (non-hydrogen) atoms. The van der Waals surface area contributed by atoms with E-state index in [4.69, 9.17) is 9.42 Å². The first-order chi connectivity index (χ1) is 12.4. The van der Waals surface area contributed by atoms with Crippen LogP contribution < -0.4 is 0 Å². The Morgan fingerprint density at radius 3 is 1.96 bits per heavy atom. The summed E-state index contributed by atoms with van der Waals surface area (Å²) < 4.78 is 20.3. The highest BCUT2D eigenvalue weighted by atomic mass is 31.2. The van der Waals surface area contributed by atoms with Crippen LogP contribution in [0.4, 0.5) is 0 Å². The summed E-state index contributed by atoms with van der Waals surface area (Å²) in [4.78, 5) is 9.16. The standard InChI is InChI=1S/C20H41O5P/c1-4-5-6-7-8-9-10-11-12-13-14-15-16-17-20(21)19(2)18-25-26(22,23)24-3/h16-17,19-21H,4-15,18H2,1-3H3,(H,22,23)/b17-16+/t19-,20+/m1/s1. The molecule has 0 spiro atoms. The second-order valence-electron chi connectivity index (χ2n) is 7.17. The van der Waals surface area contributed by atoms with E-state index in [1.165, 1.54) is 64.2 Å². The van der Waals surface area contributed by atoms with Gasteiger partial charge >= 0.3 is 7.82 Å². The highest BCUT2D eigenvalue weighted by Gasteiger charge is 2.21. The molecule has 0 fully saturated rings. The summed E-state index contributed by atoms with van der Waals surface area (Å²) in [6, 6.07) is 0. The molecule has 6 heteroatoms. The molecule has 156 valence electrons. The number of aliphatic hydroxyl groups excluding tert-OH is 1. The fourth-order valence-electron chi connectivity index (χ4n) is 2.71. The molecule has 0 saturated carbocycles. The minimum absolute atomic E-state index is 0.0223. The van der Waals surface area contributed by atoms with E-state index in [2.05, 4.69) is 11.4 Å². The van der Waals surface area contributed by atoms with Gasteiger partial charge in [-0.1, -0.05) is 90.2 Å². The number of phosphoric ester groups is 1. The Morgan fingerprint density at radius 1 is 0.962 bits per heavy atom. The highest BCUT2D eigenvalue weighted by Crippen LogP contribution is 2.42. The van der Waals surface area contributed by atoms with Crippen LogP contribution in [0.5, 0.6) is 0 Å². The molecule has 5 nitrogen and oxygen atoms in total. The van der Waals surface area contributed by atoms with Gasteiger partial charge in [0.2, 0.25) is 0 Å². The maximum atomic E-state index is 11.2. The van der Waals surface area contributed by atoms with Crippen molar-refractivity contribution in [1.29, 1.82) is 0 Å². The van der Waals surface area contributed by atoms with Crippen molar-refractivity contribution in [3.05, 3.63) is 12.2 Å². The van der Waals surface area contributed by atoms with Crippen LogP contribution in [-0.2, 0) is 13.6 Å². The first kappa shape index (κ1) is 25.8. The van der Waals surface area contributed by atoms with Crippen molar-refractivity contribution in [3.63, 3.8) is 0 Å². The molecule has 3 atom stereocenters. The van der Waals surface area contributed by atoms with E-state index >= 15 is 0 Å². The van der Waals surface area contributed by atoms with Gasteiger partial charge in [-0.25, -0.2) is 4.57 Å². The second kappa shape index (κ2) is 16.9. The Kier molecular flexibility index (Phi) is 16.8. The molecule has 0 aliphatic rings. The third-order valence-electron chi connectivity index (χ3n) is 4.62. The molecule has 2 N–H and O–H groups in total. The van der Waals surface area contributed by atoms with Crippen LogP contribution in [0.3, 0.4) is 0 Å². The van der Waals surface area contributed by atoms with Gasteiger partial charge in [-0.2, -0.15) is 0 Å². The van der Waals surface area contributed by atoms with E-state index in [1.807, 2.05) is 6.08 Å². The molecule has 1 unspecified atom stereocenters. The van der Waals surface area contributed by atoms with E-state index in [1.54, 1.807) is 13.0 Å². The molecule has 0 heterocycles. The van der Waals surface area contributed by atoms with Crippen LogP contribution in [-0.4, -0.2) is 29.8 Å². The molecule has 0 radical (unpaired) electrons. The van der Waals surface area contributed by atoms with Crippen LogP contribution in [0.15, 0.2) is 12.2 Å². The molecule has 0 amide bonds. The molecule has 0 aromatic rings. The molecular weight excluding hydrogens is 351 g/mol. The van der Waals surface area contributed by atoms with Crippen molar-refractivity contribution >= 4 is 7.82 Å². The number of aliphatic hydroxyl groups is 1. The molecule has 0 bridgehead atoms. The van der Waals surface area contributed by atoms with Crippen molar-refractivity contribution in [3.8, 4) is 0 Å². The van der Waals surface area contributed by atoms with Gasteiger partial charge in [-0.15, -0.1) is 0 Å². The smallest absolute Gasteiger partial charge is 0.389 e. The number of unbranched alkanes of at least 4 members (excludes halogenated alkanes) is 11. The summed E-state index contributed by atoms with van der Waals surface area (Å²) in [7, 11) is -2.84. The fraction of sp³-hybridized carbons (Fsp3) is 0.900. The van der Waals surface area contributed by atoms with Crippen LogP contribution >= 0.6 is 7.82 Å². The van der Waals surface area contributed by atoms with Crippen LogP contribution in [0.1, 0.15) is 90.9 Å². The van der Waals surface area contributed by atoms with Crippen molar-refractivity contribution in [2.45, 2.75) is 97.0 Å². The summed E-state index contributed by atoms with van der Waals surface area (Å²) in [5, 5.41) is 9.99. The Balaban J connectivity index is 3.52. The summed E-state index contributed by atoms with van der Waals surface area (Å²) in [6.45, 7) is 4.00. The maximum Gasteiger partial charge on any atom is 0.471 e. The summed E-state index contributed by atoms with van der Waals surface area (Å²) in [5.41, 5.74) is 0. The Labute approximate surface area is 160 Å². The summed E-state index contributed by atoms with van der Waals surface area (Å²) in [6.07, 6.45) is 18.6. The van der Waals surface area contributed by atoms with E-state index in [0.717, 1.165) is 20.0 Å². The zero-order valence-electron chi connectivity index (χ0n) is 17.1. The Morgan fingerprint density at radius 2 is 1.46 bits per heavy atom. The molecule has 0 aromatic carbocycles. The monoisotopic (exact) mass is 392 g/mol. The van der Waals surface area contributed by atoms with Crippen LogP contribution in [0.25, 0.3) is 0 Å². The van der Waals surface area contributed by atoms with Gasteiger partial charge in [0.1, 0.15) is 0 Å². The van der Waals surface area contributed by atoms with Gasteiger partial charge in [0.15, 0.2) is 0 Å². The van der Waals surface area contributed by atoms with Crippen molar-refractivity contribution < 1.29 is 23.6 Å². The molecule has 0 aliphatic carbocycles. The van der Waals surface area contributed by atoms with E-state index in [9.17, 15) is 9.67 Å². The largest absolute Gasteiger partial charge is 0.471 e. The lowest BCUT2D eigenvalue weighted by Crippen LogP contribution is -2.19. The number of allylic oxidation sites excluding steroid dienone is 1. The minimum atomic E-state index is -3.96.